The molecular weight excluding hydrogens is 362 g/mol. The second-order valence-corrected chi connectivity index (χ2v) is 9.77. The van der Waals surface area contributed by atoms with Gasteiger partial charge in [-0.1, -0.05) is 37.0 Å². The van der Waals surface area contributed by atoms with E-state index in [0.29, 0.717) is 37.6 Å². The molecule has 27 heavy (non-hydrogen) atoms. The topological polar surface area (TPSA) is 74.3 Å². The van der Waals surface area contributed by atoms with Gasteiger partial charge < -0.3 is 10.2 Å². The van der Waals surface area contributed by atoms with Crippen molar-refractivity contribution >= 4 is 15.9 Å². The molecular formula is C20H32N3O3S+. The first-order chi connectivity index (χ1) is 13.0. The molecule has 2 fully saturated rings. The van der Waals surface area contributed by atoms with Crippen LogP contribution in [0.1, 0.15) is 37.7 Å². The maximum atomic E-state index is 12.7. The highest BCUT2D eigenvalue weighted by molar-refractivity contribution is 7.89. The lowest BCUT2D eigenvalue weighted by molar-refractivity contribution is -0.650. The van der Waals surface area contributed by atoms with Crippen LogP contribution in [0.3, 0.4) is 0 Å². The molecule has 1 aliphatic heterocycles. The number of sulfonamides is 1. The summed E-state index contributed by atoms with van der Waals surface area (Å²) < 4.78 is 27.0. The minimum Gasteiger partial charge on any atom is -0.338 e. The maximum Gasteiger partial charge on any atom is 0.277 e. The van der Waals surface area contributed by atoms with Crippen LogP contribution in [0.5, 0.6) is 0 Å². The van der Waals surface area contributed by atoms with Crippen molar-refractivity contribution in [3.8, 4) is 0 Å². The van der Waals surface area contributed by atoms with Crippen molar-refractivity contribution in [2.75, 3.05) is 39.3 Å². The summed E-state index contributed by atoms with van der Waals surface area (Å²) in [6, 6.07) is 6.94. The van der Waals surface area contributed by atoms with E-state index in [9.17, 15) is 13.2 Å². The number of benzene rings is 1. The summed E-state index contributed by atoms with van der Waals surface area (Å²) in [5.74, 6) is 0.876. The van der Waals surface area contributed by atoms with Gasteiger partial charge in [0.15, 0.2) is 6.54 Å². The Morgan fingerprint density at radius 2 is 1.67 bits per heavy atom. The van der Waals surface area contributed by atoms with Crippen molar-refractivity contribution in [3.05, 3.63) is 29.8 Å². The monoisotopic (exact) mass is 394 g/mol. The Balaban J connectivity index is 1.45. The van der Waals surface area contributed by atoms with Crippen LogP contribution in [0.15, 0.2) is 29.2 Å². The highest BCUT2D eigenvalue weighted by Crippen LogP contribution is 2.22. The molecule has 6 nitrogen and oxygen atoms in total. The molecule has 0 bridgehead atoms. The van der Waals surface area contributed by atoms with E-state index in [0.717, 1.165) is 18.0 Å². The number of rotatable bonds is 6. The van der Waals surface area contributed by atoms with Crippen LogP contribution < -0.4 is 5.32 Å². The van der Waals surface area contributed by atoms with Gasteiger partial charge in [-0.15, -0.1) is 0 Å². The molecule has 1 aliphatic carbocycles. The van der Waals surface area contributed by atoms with Crippen molar-refractivity contribution < 1.29 is 18.5 Å². The highest BCUT2D eigenvalue weighted by atomic mass is 32.2. The SMILES string of the molecule is Cc1ccc(S(=O)(=O)N2CCN(C(=O)C[NH2+]CC3CCCCC3)CC2)cc1. The van der Waals surface area contributed by atoms with Gasteiger partial charge in [0, 0.05) is 32.1 Å². The number of hydrogen-bond acceptors (Lipinski definition) is 3. The average Bonchev–Trinajstić information content (AvgIpc) is 2.69. The molecule has 0 radical (unpaired) electrons. The van der Waals surface area contributed by atoms with Crippen LogP contribution >= 0.6 is 0 Å². The number of piperazine rings is 1. The smallest absolute Gasteiger partial charge is 0.277 e. The molecule has 0 aromatic heterocycles. The molecule has 2 N–H and O–H groups in total. The quantitative estimate of drug-likeness (QED) is 0.781. The lowest BCUT2D eigenvalue weighted by Crippen LogP contribution is -2.88. The van der Waals surface area contributed by atoms with Crippen LogP contribution in [-0.2, 0) is 14.8 Å². The van der Waals surface area contributed by atoms with Crippen LogP contribution in [0, 0.1) is 12.8 Å². The van der Waals surface area contributed by atoms with E-state index in [1.54, 1.807) is 17.0 Å². The fourth-order valence-electron chi connectivity index (χ4n) is 4.03. The third kappa shape index (κ3) is 5.30. The predicted octanol–water partition coefficient (Wildman–Crippen LogP) is 0.972. The molecule has 1 aromatic carbocycles. The zero-order chi connectivity index (χ0) is 19.3. The Hall–Kier alpha value is -1.44. The summed E-state index contributed by atoms with van der Waals surface area (Å²) in [7, 11) is -3.47. The number of carbonyl (C=O) groups is 1. The van der Waals surface area contributed by atoms with Gasteiger partial charge in [-0.25, -0.2) is 8.42 Å². The second kappa shape index (κ2) is 9.17. The van der Waals surface area contributed by atoms with Gasteiger partial charge in [0.1, 0.15) is 0 Å². The van der Waals surface area contributed by atoms with Crippen LogP contribution in [-0.4, -0.2) is 62.8 Å². The summed E-state index contributed by atoms with van der Waals surface area (Å²) in [4.78, 5) is 14.6. The first kappa shape index (κ1) is 20.3. The molecule has 7 heteroatoms. The minimum absolute atomic E-state index is 0.123. The van der Waals surface area contributed by atoms with Gasteiger partial charge in [-0.05, 0) is 31.9 Å². The van der Waals surface area contributed by atoms with Gasteiger partial charge in [-0.3, -0.25) is 4.79 Å². The van der Waals surface area contributed by atoms with E-state index < -0.39 is 10.0 Å². The molecule has 1 saturated carbocycles. The Bertz CT molecular complexity index is 719. The van der Waals surface area contributed by atoms with Gasteiger partial charge in [0.2, 0.25) is 10.0 Å². The van der Waals surface area contributed by atoms with Crippen LogP contribution in [0.25, 0.3) is 0 Å². The average molecular weight is 395 g/mol. The third-order valence-corrected chi connectivity index (χ3v) is 7.71. The number of nitrogens with two attached hydrogens (primary N) is 1. The third-order valence-electron chi connectivity index (χ3n) is 5.79. The molecule has 0 unspecified atom stereocenters. The molecule has 150 valence electrons. The van der Waals surface area contributed by atoms with E-state index in [-0.39, 0.29) is 5.91 Å². The predicted molar refractivity (Wildman–Crippen MR) is 105 cm³/mol. The van der Waals surface area contributed by atoms with E-state index in [2.05, 4.69) is 5.32 Å². The van der Waals surface area contributed by atoms with Crippen molar-refractivity contribution in [1.29, 1.82) is 0 Å². The number of quaternary nitrogens is 1. The lowest BCUT2D eigenvalue weighted by atomic mass is 9.89. The summed E-state index contributed by atoms with van der Waals surface area (Å²) in [5.41, 5.74) is 1.04. The van der Waals surface area contributed by atoms with E-state index in [4.69, 9.17) is 0 Å². The van der Waals surface area contributed by atoms with E-state index in [1.165, 1.54) is 36.4 Å². The highest BCUT2D eigenvalue weighted by Gasteiger charge is 2.30. The van der Waals surface area contributed by atoms with Gasteiger partial charge in [0.05, 0.1) is 11.4 Å². The number of nitrogens with zero attached hydrogens (tertiary/aromatic N) is 2. The fourth-order valence-corrected chi connectivity index (χ4v) is 5.45. The Labute approximate surface area is 163 Å². The number of aryl methyl sites for hydroxylation is 1. The minimum atomic E-state index is -3.47. The van der Waals surface area contributed by atoms with Crippen molar-refractivity contribution in [1.82, 2.24) is 9.21 Å². The lowest BCUT2D eigenvalue weighted by Gasteiger charge is -2.33. The fraction of sp³-hybridized carbons (Fsp3) is 0.650. The number of amides is 1. The number of carbonyl (C=O) groups excluding carboxylic acids is 1. The molecule has 1 amide bonds. The number of hydrogen-bond donors (Lipinski definition) is 1. The molecule has 3 rings (SSSR count). The molecule has 1 aromatic rings. The standard InChI is InChI=1S/C20H31N3O3S/c1-17-7-9-19(10-8-17)27(25,26)23-13-11-22(12-14-23)20(24)16-21-15-18-5-3-2-4-6-18/h7-10,18,21H,2-6,11-16H2,1H3/p+1. The maximum absolute atomic E-state index is 12.7. The largest absolute Gasteiger partial charge is 0.338 e. The van der Waals surface area contributed by atoms with Crippen molar-refractivity contribution in [2.45, 2.75) is 43.9 Å². The molecule has 1 heterocycles. The molecule has 0 spiro atoms. The summed E-state index contributed by atoms with van der Waals surface area (Å²) >= 11 is 0. The van der Waals surface area contributed by atoms with Crippen molar-refractivity contribution in [3.63, 3.8) is 0 Å². The zero-order valence-corrected chi connectivity index (χ0v) is 17.1. The normalized spacial score (nSPS) is 20.0. The van der Waals surface area contributed by atoms with Gasteiger partial charge in [-0.2, -0.15) is 4.31 Å². The summed E-state index contributed by atoms with van der Waals surface area (Å²) in [6.07, 6.45) is 6.58. The Morgan fingerprint density at radius 1 is 1.04 bits per heavy atom. The summed E-state index contributed by atoms with van der Waals surface area (Å²) in [5, 5.41) is 2.13. The first-order valence-corrected chi connectivity index (χ1v) is 11.6. The van der Waals surface area contributed by atoms with E-state index in [1.807, 2.05) is 19.1 Å². The molecule has 0 atom stereocenters. The van der Waals surface area contributed by atoms with E-state index >= 15 is 0 Å². The second-order valence-electron chi connectivity index (χ2n) is 7.83. The first-order valence-electron chi connectivity index (χ1n) is 10.1. The Kier molecular flexibility index (Phi) is 6.89. The Morgan fingerprint density at radius 3 is 2.30 bits per heavy atom. The van der Waals surface area contributed by atoms with Crippen molar-refractivity contribution in [2.24, 2.45) is 5.92 Å². The van der Waals surface area contributed by atoms with Gasteiger partial charge in [0.25, 0.3) is 5.91 Å². The van der Waals surface area contributed by atoms with Crippen LogP contribution in [0.4, 0.5) is 0 Å². The molecule has 1 saturated heterocycles. The van der Waals surface area contributed by atoms with Crippen LogP contribution in [0.2, 0.25) is 0 Å². The summed E-state index contributed by atoms with van der Waals surface area (Å²) in [6.45, 7) is 5.12. The zero-order valence-electron chi connectivity index (χ0n) is 16.3. The molecule has 2 aliphatic rings. The van der Waals surface area contributed by atoms with Gasteiger partial charge >= 0.3 is 0 Å².